The van der Waals surface area contributed by atoms with E-state index in [9.17, 15) is 18.0 Å². The van der Waals surface area contributed by atoms with Crippen LogP contribution in [-0.4, -0.2) is 39.7 Å². The standard InChI is InChI=1S/C18H18ClNO5S/c1-26(23,24)14-7-8-16(19)15(11-14)18(22)25-12-17(21)20-10-9-13-5-3-2-4-6-13/h2-8,11H,9-10,12H2,1H3,(H,20,21). The predicted molar refractivity (Wildman–Crippen MR) is 98.0 cm³/mol. The van der Waals surface area contributed by atoms with Crippen LogP contribution in [-0.2, 0) is 25.8 Å². The predicted octanol–water partition coefficient (Wildman–Crippen LogP) is 2.26. The molecule has 0 aliphatic carbocycles. The summed E-state index contributed by atoms with van der Waals surface area (Å²) in [7, 11) is -3.49. The highest BCUT2D eigenvalue weighted by atomic mass is 35.5. The van der Waals surface area contributed by atoms with Gasteiger partial charge in [-0.1, -0.05) is 41.9 Å². The van der Waals surface area contributed by atoms with Crippen molar-refractivity contribution in [3.63, 3.8) is 0 Å². The first kappa shape index (κ1) is 19.9. The first-order chi connectivity index (χ1) is 12.3. The monoisotopic (exact) mass is 395 g/mol. The molecule has 2 aromatic rings. The molecule has 2 rings (SSSR count). The Morgan fingerprint density at radius 3 is 2.46 bits per heavy atom. The van der Waals surface area contributed by atoms with E-state index in [1.165, 1.54) is 12.1 Å². The van der Waals surface area contributed by atoms with Crippen LogP contribution in [0.3, 0.4) is 0 Å². The molecule has 0 bridgehead atoms. The molecule has 1 N–H and O–H groups in total. The maximum atomic E-state index is 12.1. The van der Waals surface area contributed by atoms with Gasteiger partial charge < -0.3 is 10.1 Å². The van der Waals surface area contributed by atoms with Gasteiger partial charge >= 0.3 is 5.97 Å². The average molecular weight is 396 g/mol. The van der Waals surface area contributed by atoms with Crippen molar-refractivity contribution in [2.75, 3.05) is 19.4 Å². The number of hydrogen-bond acceptors (Lipinski definition) is 5. The minimum atomic E-state index is -3.49. The highest BCUT2D eigenvalue weighted by molar-refractivity contribution is 7.90. The average Bonchev–Trinajstić information content (AvgIpc) is 2.60. The number of nitrogens with one attached hydrogen (secondary N) is 1. The van der Waals surface area contributed by atoms with Crippen LogP contribution in [0.5, 0.6) is 0 Å². The van der Waals surface area contributed by atoms with Crippen molar-refractivity contribution in [1.29, 1.82) is 0 Å². The van der Waals surface area contributed by atoms with Gasteiger partial charge in [0.1, 0.15) is 0 Å². The summed E-state index contributed by atoms with van der Waals surface area (Å²) in [5.41, 5.74) is 0.973. The second kappa shape index (κ2) is 8.82. The Hall–Kier alpha value is -2.38. The third-order valence-electron chi connectivity index (χ3n) is 3.50. The van der Waals surface area contributed by atoms with Crippen LogP contribution in [0.15, 0.2) is 53.4 Å². The summed E-state index contributed by atoms with van der Waals surface area (Å²) in [5, 5.41) is 2.69. The molecule has 0 saturated carbocycles. The summed E-state index contributed by atoms with van der Waals surface area (Å²) in [6, 6.07) is 13.4. The Labute approximate surface area is 157 Å². The maximum absolute atomic E-state index is 12.1. The Morgan fingerprint density at radius 2 is 1.81 bits per heavy atom. The van der Waals surface area contributed by atoms with Crippen LogP contribution >= 0.6 is 11.6 Å². The SMILES string of the molecule is CS(=O)(=O)c1ccc(Cl)c(C(=O)OCC(=O)NCCc2ccccc2)c1. The third-order valence-corrected chi connectivity index (χ3v) is 4.94. The molecule has 0 radical (unpaired) electrons. The molecule has 1 amide bonds. The molecule has 26 heavy (non-hydrogen) atoms. The minimum absolute atomic E-state index is 0.0480. The lowest BCUT2D eigenvalue weighted by atomic mass is 10.1. The Balaban J connectivity index is 1.87. The number of benzene rings is 2. The number of hydrogen-bond donors (Lipinski definition) is 1. The molecule has 0 spiro atoms. The zero-order chi connectivity index (χ0) is 19.2. The van der Waals surface area contributed by atoms with Crippen molar-refractivity contribution >= 4 is 33.3 Å². The van der Waals surface area contributed by atoms with Crippen LogP contribution in [0, 0.1) is 0 Å². The van der Waals surface area contributed by atoms with Gasteiger partial charge in [-0.25, -0.2) is 13.2 Å². The number of ether oxygens (including phenoxy) is 1. The summed E-state index contributed by atoms with van der Waals surface area (Å²) >= 11 is 5.91. The molecule has 0 aromatic heterocycles. The van der Waals surface area contributed by atoms with Gasteiger partial charge in [0.05, 0.1) is 15.5 Å². The van der Waals surface area contributed by atoms with E-state index < -0.39 is 28.3 Å². The Kier molecular flexibility index (Phi) is 6.76. The van der Waals surface area contributed by atoms with Crippen LogP contribution in [0.1, 0.15) is 15.9 Å². The zero-order valence-electron chi connectivity index (χ0n) is 14.1. The summed E-state index contributed by atoms with van der Waals surface area (Å²) in [4.78, 5) is 23.8. The van der Waals surface area contributed by atoms with E-state index in [0.29, 0.717) is 13.0 Å². The largest absolute Gasteiger partial charge is 0.452 e. The fraction of sp³-hybridized carbons (Fsp3) is 0.222. The van der Waals surface area contributed by atoms with Gasteiger partial charge in [-0.2, -0.15) is 0 Å². The molecule has 0 aliphatic heterocycles. The van der Waals surface area contributed by atoms with Crippen LogP contribution in [0.4, 0.5) is 0 Å². The summed E-state index contributed by atoms with van der Waals surface area (Å²) in [6.07, 6.45) is 1.67. The van der Waals surface area contributed by atoms with Gasteiger partial charge in [0, 0.05) is 12.8 Å². The minimum Gasteiger partial charge on any atom is -0.452 e. The lowest BCUT2D eigenvalue weighted by Crippen LogP contribution is -2.30. The summed E-state index contributed by atoms with van der Waals surface area (Å²) in [6.45, 7) is -0.0717. The fourth-order valence-electron chi connectivity index (χ4n) is 2.14. The van der Waals surface area contributed by atoms with E-state index in [1.807, 2.05) is 30.3 Å². The van der Waals surface area contributed by atoms with E-state index in [-0.39, 0.29) is 15.5 Å². The second-order valence-electron chi connectivity index (χ2n) is 5.58. The maximum Gasteiger partial charge on any atom is 0.340 e. The smallest absolute Gasteiger partial charge is 0.340 e. The number of halogens is 1. The van der Waals surface area contributed by atoms with Gasteiger partial charge in [0.25, 0.3) is 5.91 Å². The van der Waals surface area contributed by atoms with Crippen molar-refractivity contribution in [2.24, 2.45) is 0 Å². The fourth-order valence-corrected chi connectivity index (χ4v) is 2.98. The van der Waals surface area contributed by atoms with Gasteiger partial charge in [-0.05, 0) is 30.2 Å². The number of carbonyl (C=O) groups excluding carboxylic acids is 2. The summed E-state index contributed by atoms with van der Waals surface area (Å²) in [5.74, 6) is -1.32. The molecule has 0 fully saturated rings. The van der Waals surface area contributed by atoms with E-state index in [0.717, 1.165) is 17.9 Å². The third kappa shape index (κ3) is 5.86. The van der Waals surface area contributed by atoms with Gasteiger partial charge in [-0.15, -0.1) is 0 Å². The lowest BCUT2D eigenvalue weighted by molar-refractivity contribution is -0.124. The van der Waals surface area contributed by atoms with E-state index in [4.69, 9.17) is 16.3 Å². The zero-order valence-corrected chi connectivity index (χ0v) is 15.6. The lowest BCUT2D eigenvalue weighted by Gasteiger charge is -2.08. The number of esters is 1. The molecule has 0 saturated heterocycles. The Bertz CT molecular complexity index is 897. The van der Waals surface area contributed by atoms with Crippen LogP contribution < -0.4 is 5.32 Å². The van der Waals surface area contributed by atoms with Crippen molar-refractivity contribution in [3.05, 3.63) is 64.7 Å². The van der Waals surface area contributed by atoms with E-state index in [2.05, 4.69) is 5.32 Å². The topological polar surface area (TPSA) is 89.5 Å². The molecule has 0 heterocycles. The first-order valence-electron chi connectivity index (χ1n) is 7.75. The molecule has 0 aliphatic rings. The number of amides is 1. The molecule has 6 nitrogen and oxygen atoms in total. The second-order valence-corrected chi connectivity index (χ2v) is 8.00. The molecule has 0 atom stereocenters. The molecular weight excluding hydrogens is 378 g/mol. The van der Waals surface area contributed by atoms with Gasteiger partial charge in [0.2, 0.25) is 0 Å². The van der Waals surface area contributed by atoms with E-state index in [1.54, 1.807) is 0 Å². The van der Waals surface area contributed by atoms with Crippen molar-refractivity contribution in [1.82, 2.24) is 5.32 Å². The number of carbonyl (C=O) groups is 2. The highest BCUT2D eigenvalue weighted by Gasteiger charge is 2.17. The number of rotatable bonds is 7. The quantitative estimate of drug-likeness (QED) is 0.726. The van der Waals surface area contributed by atoms with Gasteiger partial charge in [0.15, 0.2) is 16.4 Å². The normalized spacial score (nSPS) is 11.0. The summed E-state index contributed by atoms with van der Waals surface area (Å²) < 4.78 is 28.0. The molecular formula is C18H18ClNO5S. The van der Waals surface area contributed by atoms with Crippen molar-refractivity contribution in [3.8, 4) is 0 Å². The van der Waals surface area contributed by atoms with Crippen molar-refractivity contribution < 1.29 is 22.7 Å². The molecule has 2 aromatic carbocycles. The molecule has 8 heteroatoms. The Morgan fingerprint density at radius 1 is 1.12 bits per heavy atom. The highest BCUT2D eigenvalue weighted by Crippen LogP contribution is 2.21. The van der Waals surface area contributed by atoms with Gasteiger partial charge in [-0.3, -0.25) is 4.79 Å². The van der Waals surface area contributed by atoms with E-state index >= 15 is 0 Å². The molecule has 0 unspecified atom stereocenters. The number of sulfone groups is 1. The first-order valence-corrected chi connectivity index (χ1v) is 10.0. The van der Waals surface area contributed by atoms with Crippen molar-refractivity contribution in [2.45, 2.75) is 11.3 Å². The molecule has 138 valence electrons. The van der Waals surface area contributed by atoms with Crippen LogP contribution in [0.2, 0.25) is 5.02 Å². The van der Waals surface area contributed by atoms with Crippen LogP contribution in [0.25, 0.3) is 0 Å².